The van der Waals surface area contributed by atoms with Gasteiger partial charge in [0.2, 0.25) is 0 Å². The Balaban J connectivity index is 2.44. The Morgan fingerprint density at radius 3 is 2.60 bits per heavy atom. The second-order valence-corrected chi connectivity index (χ2v) is 4.75. The Bertz CT molecular complexity index is 599. The van der Waals surface area contributed by atoms with Crippen LogP contribution in [0.4, 0.5) is 15.8 Å². The van der Waals surface area contributed by atoms with Gasteiger partial charge in [-0.25, -0.2) is 4.39 Å². The number of nitrogens with zero attached hydrogens (tertiary/aromatic N) is 1. The third-order valence-corrected chi connectivity index (χ3v) is 3.28. The third kappa shape index (κ3) is 2.91. The Hall–Kier alpha value is -2.07. The van der Waals surface area contributed by atoms with Crippen LogP contribution in [0.5, 0.6) is 5.75 Å². The van der Waals surface area contributed by atoms with Crippen molar-refractivity contribution in [1.82, 2.24) is 0 Å². The summed E-state index contributed by atoms with van der Waals surface area (Å²) < 4.78 is 18.6. The predicted octanol–water partition coefficient (Wildman–Crippen LogP) is 3.62. The summed E-state index contributed by atoms with van der Waals surface area (Å²) in [5, 5.41) is 0. The highest BCUT2D eigenvalue weighted by Gasteiger charge is 2.13. The van der Waals surface area contributed by atoms with E-state index in [4.69, 9.17) is 10.5 Å². The minimum Gasteiger partial charge on any atom is -0.497 e. The van der Waals surface area contributed by atoms with Crippen LogP contribution in [0.25, 0.3) is 0 Å². The molecule has 0 saturated carbocycles. The first-order valence-corrected chi connectivity index (χ1v) is 6.45. The summed E-state index contributed by atoms with van der Waals surface area (Å²) in [5.41, 5.74) is 8.55. The minimum atomic E-state index is -0.278. The topological polar surface area (TPSA) is 38.5 Å². The summed E-state index contributed by atoms with van der Waals surface area (Å²) >= 11 is 0. The summed E-state index contributed by atoms with van der Waals surface area (Å²) in [4.78, 5) is 1.97. The summed E-state index contributed by atoms with van der Waals surface area (Å²) in [6.45, 7) is 1.84. The van der Waals surface area contributed by atoms with Crippen molar-refractivity contribution in [3.8, 4) is 5.75 Å². The number of anilines is 2. The highest BCUT2D eigenvalue weighted by atomic mass is 19.1. The lowest BCUT2D eigenvalue weighted by molar-refractivity contribution is 0.415. The molecule has 0 unspecified atom stereocenters. The molecule has 0 aliphatic heterocycles. The van der Waals surface area contributed by atoms with Crippen LogP contribution in [0.2, 0.25) is 0 Å². The van der Waals surface area contributed by atoms with Gasteiger partial charge in [-0.2, -0.15) is 0 Å². The zero-order chi connectivity index (χ0) is 14.7. The van der Waals surface area contributed by atoms with Gasteiger partial charge in [-0.15, -0.1) is 0 Å². The maximum atomic E-state index is 13.4. The maximum absolute atomic E-state index is 13.4. The van der Waals surface area contributed by atoms with Crippen LogP contribution in [0.15, 0.2) is 42.5 Å². The fourth-order valence-electron chi connectivity index (χ4n) is 2.15. The first-order chi connectivity index (χ1) is 9.52. The number of benzene rings is 2. The highest BCUT2D eigenvalue weighted by Crippen LogP contribution is 2.32. The van der Waals surface area contributed by atoms with Crippen molar-refractivity contribution in [2.45, 2.75) is 13.0 Å². The Kier molecular flexibility index (Phi) is 4.25. The molecule has 1 atom stereocenters. The van der Waals surface area contributed by atoms with Crippen LogP contribution < -0.4 is 15.4 Å². The molecule has 0 bridgehead atoms. The van der Waals surface area contributed by atoms with Crippen molar-refractivity contribution in [2.75, 3.05) is 19.1 Å². The molecule has 2 N–H and O–H groups in total. The van der Waals surface area contributed by atoms with Gasteiger partial charge < -0.3 is 15.4 Å². The summed E-state index contributed by atoms with van der Waals surface area (Å²) in [6, 6.07) is 12.1. The number of nitrogens with two attached hydrogens (primary N) is 1. The average molecular weight is 274 g/mol. The maximum Gasteiger partial charge on any atom is 0.123 e. The van der Waals surface area contributed by atoms with Crippen molar-refractivity contribution < 1.29 is 9.13 Å². The van der Waals surface area contributed by atoms with E-state index in [0.29, 0.717) is 0 Å². The fraction of sp³-hybridized carbons (Fsp3) is 0.250. The standard InChI is InChI=1S/C16H19FN2O/c1-11(18)15-9-12(17)7-8-16(15)19(2)13-5-4-6-14(10-13)20-3/h4-11H,18H2,1-3H3/t11-/m0/s1. The van der Waals surface area contributed by atoms with E-state index in [2.05, 4.69) is 0 Å². The first-order valence-electron chi connectivity index (χ1n) is 6.45. The molecule has 3 nitrogen and oxygen atoms in total. The summed E-state index contributed by atoms with van der Waals surface area (Å²) in [5.74, 6) is 0.499. The van der Waals surface area contributed by atoms with E-state index in [1.165, 1.54) is 12.1 Å². The Morgan fingerprint density at radius 1 is 1.20 bits per heavy atom. The molecule has 2 rings (SSSR count). The molecule has 0 radical (unpaired) electrons. The van der Waals surface area contributed by atoms with Crippen LogP contribution in [0.3, 0.4) is 0 Å². The molecule has 20 heavy (non-hydrogen) atoms. The van der Waals surface area contributed by atoms with Crippen LogP contribution >= 0.6 is 0 Å². The molecule has 4 heteroatoms. The van der Waals surface area contributed by atoms with Crippen molar-refractivity contribution in [3.63, 3.8) is 0 Å². The molecule has 106 valence electrons. The summed E-state index contributed by atoms with van der Waals surface area (Å²) in [7, 11) is 3.55. The molecule has 0 heterocycles. The molecular formula is C16H19FN2O. The monoisotopic (exact) mass is 274 g/mol. The summed E-state index contributed by atoms with van der Waals surface area (Å²) in [6.07, 6.45) is 0. The molecular weight excluding hydrogens is 255 g/mol. The molecule has 0 aliphatic carbocycles. The first kappa shape index (κ1) is 14.3. The zero-order valence-electron chi connectivity index (χ0n) is 11.9. The normalized spacial score (nSPS) is 12.1. The van der Waals surface area contributed by atoms with Gasteiger partial charge in [0, 0.05) is 30.5 Å². The number of hydrogen-bond acceptors (Lipinski definition) is 3. The third-order valence-electron chi connectivity index (χ3n) is 3.28. The van der Waals surface area contributed by atoms with E-state index in [0.717, 1.165) is 22.7 Å². The van der Waals surface area contributed by atoms with Crippen molar-refractivity contribution in [3.05, 3.63) is 53.8 Å². The number of ether oxygens (including phenoxy) is 1. The lowest BCUT2D eigenvalue weighted by atomic mass is 10.1. The van der Waals surface area contributed by atoms with Gasteiger partial charge in [0.25, 0.3) is 0 Å². The van der Waals surface area contributed by atoms with E-state index in [1.807, 2.05) is 43.1 Å². The molecule has 0 fully saturated rings. The second-order valence-electron chi connectivity index (χ2n) is 4.75. The SMILES string of the molecule is COc1cccc(N(C)c2ccc(F)cc2[C@H](C)N)c1. The van der Waals surface area contributed by atoms with Crippen LogP contribution in [-0.2, 0) is 0 Å². The van der Waals surface area contributed by atoms with Gasteiger partial charge in [0.05, 0.1) is 7.11 Å². The molecule has 0 saturated heterocycles. The molecule has 2 aromatic rings. The van der Waals surface area contributed by atoms with E-state index in [9.17, 15) is 4.39 Å². The van der Waals surface area contributed by atoms with Gasteiger partial charge in [0.15, 0.2) is 0 Å². The Labute approximate surface area is 118 Å². The minimum absolute atomic E-state index is 0.242. The number of halogens is 1. The van der Waals surface area contributed by atoms with Crippen LogP contribution in [-0.4, -0.2) is 14.2 Å². The fourth-order valence-corrected chi connectivity index (χ4v) is 2.15. The van der Waals surface area contributed by atoms with Crippen molar-refractivity contribution >= 4 is 11.4 Å². The van der Waals surface area contributed by atoms with Gasteiger partial charge >= 0.3 is 0 Å². The molecule has 0 aliphatic rings. The number of hydrogen-bond donors (Lipinski definition) is 1. The highest BCUT2D eigenvalue weighted by molar-refractivity contribution is 5.67. The van der Waals surface area contributed by atoms with Gasteiger partial charge in [0.1, 0.15) is 11.6 Å². The van der Waals surface area contributed by atoms with Crippen LogP contribution in [0, 0.1) is 5.82 Å². The zero-order valence-corrected chi connectivity index (χ0v) is 11.9. The molecule has 0 amide bonds. The average Bonchev–Trinajstić information content (AvgIpc) is 2.46. The molecule has 0 spiro atoms. The largest absolute Gasteiger partial charge is 0.497 e. The van der Waals surface area contributed by atoms with E-state index >= 15 is 0 Å². The number of rotatable bonds is 4. The Morgan fingerprint density at radius 2 is 1.95 bits per heavy atom. The quantitative estimate of drug-likeness (QED) is 0.925. The van der Waals surface area contributed by atoms with Crippen LogP contribution in [0.1, 0.15) is 18.5 Å². The van der Waals surface area contributed by atoms with E-state index in [1.54, 1.807) is 13.2 Å². The number of methoxy groups -OCH3 is 1. The van der Waals surface area contributed by atoms with Crippen molar-refractivity contribution in [2.24, 2.45) is 5.73 Å². The molecule has 0 aromatic heterocycles. The van der Waals surface area contributed by atoms with E-state index < -0.39 is 0 Å². The van der Waals surface area contributed by atoms with E-state index in [-0.39, 0.29) is 11.9 Å². The predicted molar refractivity (Wildman–Crippen MR) is 80.1 cm³/mol. The molecule has 2 aromatic carbocycles. The second kappa shape index (κ2) is 5.92. The van der Waals surface area contributed by atoms with Crippen molar-refractivity contribution in [1.29, 1.82) is 0 Å². The lowest BCUT2D eigenvalue weighted by Crippen LogP contribution is -2.16. The lowest BCUT2D eigenvalue weighted by Gasteiger charge is -2.24. The van der Waals surface area contributed by atoms with Gasteiger partial charge in [-0.3, -0.25) is 0 Å². The van der Waals surface area contributed by atoms with Gasteiger partial charge in [-0.05, 0) is 42.8 Å². The van der Waals surface area contributed by atoms with Gasteiger partial charge in [-0.1, -0.05) is 6.07 Å². The smallest absolute Gasteiger partial charge is 0.123 e.